The molecular formula is C27H34N2O. The molecule has 0 heterocycles. The summed E-state index contributed by atoms with van der Waals surface area (Å²) in [7, 11) is 2.13. The molecule has 0 unspecified atom stereocenters. The second kappa shape index (κ2) is 9.44. The smallest absolute Gasteiger partial charge is 0.255 e. The van der Waals surface area contributed by atoms with E-state index < -0.39 is 0 Å². The van der Waals surface area contributed by atoms with Crippen LogP contribution in [0.1, 0.15) is 62.1 Å². The van der Waals surface area contributed by atoms with Gasteiger partial charge in [-0.1, -0.05) is 66.7 Å². The van der Waals surface area contributed by atoms with Gasteiger partial charge in [0, 0.05) is 24.7 Å². The van der Waals surface area contributed by atoms with Gasteiger partial charge in [-0.15, -0.1) is 0 Å². The van der Waals surface area contributed by atoms with Crippen molar-refractivity contribution in [2.45, 2.75) is 59.3 Å². The van der Waals surface area contributed by atoms with Crippen LogP contribution in [0.4, 0.5) is 0 Å². The van der Waals surface area contributed by atoms with Gasteiger partial charge in [-0.2, -0.15) is 0 Å². The topological polar surface area (TPSA) is 23.6 Å². The van der Waals surface area contributed by atoms with Crippen molar-refractivity contribution in [2.75, 3.05) is 7.05 Å². The van der Waals surface area contributed by atoms with Crippen molar-refractivity contribution < 1.29 is 4.79 Å². The summed E-state index contributed by atoms with van der Waals surface area (Å²) in [4.78, 5) is 18.2. The Bertz CT molecular complexity index is 986. The summed E-state index contributed by atoms with van der Waals surface area (Å²) < 4.78 is 0. The number of amides is 1. The van der Waals surface area contributed by atoms with Crippen molar-refractivity contribution in [3.63, 3.8) is 0 Å². The number of fused-ring (bicyclic) bond motifs is 1. The normalized spacial score (nSPS) is 12.7. The van der Waals surface area contributed by atoms with Gasteiger partial charge in [0.25, 0.3) is 5.91 Å². The quantitative estimate of drug-likeness (QED) is 0.463. The molecule has 0 saturated carbocycles. The fourth-order valence-electron chi connectivity index (χ4n) is 4.32. The summed E-state index contributed by atoms with van der Waals surface area (Å²) in [5.41, 5.74) is 3.19. The van der Waals surface area contributed by atoms with Gasteiger partial charge < -0.3 is 4.90 Å². The van der Waals surface area contributed by atoms with Crippen LogP contribution in [-0.4, -0.2) is 34.8 Å². The van der Waals surface area contributed by atoms with E-state index in [0.717, 1.165) is 28.4 Å². The van der Waals surface area contributed by atoms with Crippen molar-refractivity contribution in [1.82, 2.24) is 9.80 Å². The molecule has 1 atom stereocenters. The molecular weight excluding hydrogens is 368 g/mol. The molecule has 0 aliphatic heterocycles. The van der Waals surface area contributed by atoms with Crippen LogP contribution in [0, 0.1) is 0 Å². The number of hydrogen-bond donors (Lipinski definition) is 0. The summed E-state index contributed by atoms with van der Waals surface area (Å²) in [5.74, 6) is 0.117. The first kappa shape index (κ1) is 22.0. The molecule has 0 saturated heterocycles. The van der Waals surface area contributed by atoms with Gasteiger partial charge in [0.05, 0.1) is 5.56 Å². The van der Waals surface area contributed by atoms with Gasteiger partial charge in [-0.3, -0.25) is 9.69 Å². The van der Waals surface area contributed by atoms with Crippen molar-refractivity contribution in [1.29, 1.82) is 0 Å². The highest BCUT2D eigenvalue weighted by Gasteiger charge is 2.28. The lowest BCUT2D eigenvalue weighted by Gasteiger charge is -2.34. The minimum absolute atomic E-state index is 0.106. The summed E-state index contributed by atoms with van der Waals surface area (Å²) in [6, 6.07) is 23.4. The van der Waals surface area contributed by atoms with Gasteiger partial charge in [-0.25, -0.2) is 0 Å². The maximum Gasteiger partial charge on any atom is 0.255 e. The Balaban J connectivity index is 2.08. The van der Waals surface area contributed by atoms with Crippen molar-refractivity contribution >= 4 is 16.7 Å². The first-order valence-electron chi connectivity index (χ1n) is 10.9. The largest absolute Gasteiger partial charge is 0.334 e. The summed E-state index contributed by atoms with van der Waals surface area (Å²) in [6.45, 7) is 11.4. The second-order valence-electron chi connectivity index (χ2n) is 8.73. The third-order valence-corrected chi connectivity index (χ3v) is 5.91. The van der Waals surface area contributed by atoms with E-state index in [1.807, 2.05) is 23.1 Å². The van der Waals surface area contributed by atoms with Crippen LogP contribution in [0.25, 0.3) is 10.8 Å². The third kappa shape index (κ3) is 4.57. The van der Waals surface area contributed by atoms with E-state index in [1.165, 1.54) is 5.56 Å². The fourth-order valence-corrected chi connectivity index (χ4v) is 4.32. The number of rotatable bonds is 7. The van der Waals surface area contributed by atoms with Gasteiger partial charge in [-0.05, 0) is 63.6 Å². The molecule has 3 rings (SSSR count). The van der Waals surface area contributed by atoms with Crippen molar-refractivity contribution in [3.8, 4) is 0 Å². The Morgan fingerprint density at radius 1 is 0.800 bits per heavy atom. The SMILES string of the molecule is CC(C)N(C(=O)c1c([C@H](C)N(C)Cc2ccccc2)ccc2ccccc12)C(C)C. The average Bonchev–Trinajstić information content (AvgIpc) is 2.72. The number of nitrogens with zero attached hydrogens (tertiary/aromatic N) is 2. The standard InChI is InChI=1S/C27H34N2O/c1-19(2)29(20(3)4)27(30)26-24(17-16-23-14-10-11-15-25(23)26)21(5)28(6)18-22-12-8-7-9-13-22/h7-17,19-21H,18H2,1-6H3/t21-/m0/s1. The molecule has 3 aromatic rings. The number of benzene rings is 3. The Hall–Kier alpha value is -2.65. The van der Waals surface area contributed by atoms with Crippen molar-refractivity contribution in [2.24, 2.45) is 0 Å². The Kier molecular flexibility index (Phi) is 6.94. The second-order valence-corrected chi connectivity index (χ2v) is 8.73. The predicted octanol–water partition coefficient (Wildman–Crippen LogP) is 6.29. The highest BCUT2D eigenvalue weighted by molar-refractivity contribution is 6.08. The Morgan fingerprint density at radius 3 is 2.03 bits per heavy atom. The van der Waals surface area contributed by atoms with E-state index in [1.54, 1.807) is 0 Å². The lowest BCUT2D eigenvalue weighted by atomic mass is 9.92. The van der Waals surface area contributed by atoms with E-state index in [9.17, 15) is 4.79 Å². The lowest BCUT2D eigenvalue weighted by Crippen LogP contribution is -2.42. The minimum Gasteiger partial charge on any atom is -0.334 e. The van der Waals surface area contributed by atoms with E-state index >= 15 is 0 Å². The predicted molar refractivity (Wildman–Crippen MR) is 127 cm³/mol. The molecule has 0 radical (unpaired) electrons. The highest BCUT2D eigenvalue weighted by Crippen LogP contribution is 2.32. The van der Waals surface area contributed by atoms with E-state index in [4.69, 9.17) is 0 Å². The van der Waals surface area contributed by atoms with Crippen LogP contribution < -0.4 is 0 Å². The summed E-state index contributed by atoms with van der Waals surface area (Å²) >= 11 is 0. The molecule has 0 aliphatic rings. The van der Waals surface area contributed by atoms with E-state index in [-0.39, 0.29) is 24.0 Å². The molecule has 0 aromatic heterocycles. The zero-order chi connectivity index (χ0) is 21.8. The van der Waals surface area contributed by atoms with Crippen LogP contribution in [0.3, 0.4) is 0 Å². The maximum absolute atomic E-state index is 13.9. The molecule has 0 aliphatic carbocycles. The molecule has 0 bridgehead atoms. The maximum atomic E-state index is 13.9. The molecule has 3 nitrogen and oxygen atoms in total. The Morgan fingerprint density at radius 2 is 1.40 bits per heavy atom. The summed E-state index contributed by atoms with van der Waals surface area (Å²) in [5, 5.41) is 2.14. The third-order valence-electron chi connectivity index (χ3n) is 5.91. The fraction of sp³-hybridized carbons (Fsp3) is 0.370. The first-order chi connectivity index (χ1) is 14.3. The molecule has 0 spiro atoms. The van der Waals surface area contributed by atoms with Crippen molar-refractivity contribution in [3.05, 3.63) is 83.4 Å². The van der Waals surface area contributed by atoms with E-state index in [0.29, 0.717) is 0 Å². The molecule has 3 aromatic carbocycles. The van der Waals surface area contributed by atoms with Crippen LogP contribution in [-0.2, 0) is 6.54 Å². The number of hydrogen-bond acceptors (Lipinski definition) is 2. The molecule has 3 heteroatoms. The monoisotopic (exact) mass is 402 g/mol. The van der Waals surface area contributed by atoms with Gasteiger partial charge in [0.15, 0.2) is 0 Å². The van der Waals surface area contributed by atoms with Crippen LogP contribution in [0.2, 0.25) is 0 Å². The van der Waals surface area contributed by atoms with Crippen LogP contribution in [0.5, 0.6) is 0 Å². The zero-order valence-electron chi connectivity index (χ0n) is 19.1. The van der Waals surface area contributed by atoms with Gasteiger partial charge in [0.2, 0.25) is 0 Å². The molecule has 158 valence electrons. The van der Waals surface area contributed by atoms with Gasteiger partial charge in [0.1, 0.15) is 0 Å². The summed E-state index contributed by atoms with van der Waals surface area (Å²) in [6.07, 6.45) is 0. The average molecular weight is 403 g/mol. The Labute approximate surface area is 181 Å². The zero-order valence-corrected chi connectivity index (χ0v) is 19.1. The van der Waals surface area contributed by atoms with E-state index in [2.05, 4.69) is 95.1 Å². The number of carbonyl (C=O) groups is 1. The molecule has 1 amide bonds. The molecule has 0 N–H and O–H groups in total. The molecule has 30 heavy (non-hydrogen) atoms. The van der Waals surface area contributed by atoms with Crippen LogP contribution in [0.15, 0.2) is 66.7 Å². The minimum atomic E-state index is 0.106. The lowest BCUT2D eigenvalue weighted by molar-refractivity contribution is 0.0642. The molecule has 0 fully saturated rings. The number of carbonyl (C=O) groups excluding carboxylic acids is 1. The van der Waals surface area contributed by atoms with Gasteiger partial charge >= 0.3 is 0 Å². The highest BCUT2D eigenvalue weighted by atomic mass is 16.2. The first-order valence-corrected chi connectivity index (χ1v) is 10.9. The van der Waals surface area contributed by atoms with Crippen LogP contribution >= 0.6 is 0 Å².